The van der Waals surface area contributed by atoms with E-state index in [0.29, 0.717) is 17.6 Å². The number of nitrogens with one attached hydrogen (secondary N) is 2. The molecule has 0 radical (unpaired) electrons. The van der Waals surface area contributed by atoms with Gasteiger partial charge in [0.2, 0.25) is 5.95 Å². The van der Waals surface area contributed by atoms with Crippen LogP contribution in [0.1, 0.15) is 53.6 Å². The zero-order valence-corrected chi connectivity index (χ0v) is 22.0. The Morgan fingerprint density at radius 2 is 1.82 bits per heavy atom. The fourth-order valence-corrected chi connectivity index (χ4v) is 5.01. The van der Waals surface area contributed by atoms with Crippen LogP contribution in [0.25, 0.3) is 11.3 Å². The van der Waals surface area contributed by atoms with Crippen molar-refractivity contribution >= 4 is 23.2 Å². The molecule has 1 fully saturated rings. The second-order valence-electron chi connectivity index (χ2n) is 9.98. The van der Waals surface area contributed by atoms with Crippen molar-refractivity contribution in [2.75, 3.05) is 17.7 Å². The molecule has 2 N–H and O–H groups in total. The Hall–Kier alpha value is -4.10. The molecule has 38 heavy (non-hydrogen) atoms. The molecule has 194 valence electrons. The van der Waals surface area contributed by atoms with Crippen LogP contribution in [0.4, 0.5) is 17.3 Å². The molecule has 2 aromatic heterocycles. The third-order valence-electron chi connectivity index (χ3n) is 7.24. The molecule has 0 atom stereocenters. The molecule has 2 aromatic carbocycles. The first kappa shape index (κ1) is 25.5. The minimum atomic E-state index is -0.147. The van der Waals surface area contributed by atoms with Crippen molar-refractivity contribution in [2.45, 2.75) is 51.6 Å². The highest BCUT2D eigenvalue weighted by molar-refractivity contribution is 6.05. The molecule has 0 unspecified atom stereocenters. The number of hydrogen-bond acceptors (Lipinski definition) is 6. The number of carbonyl (C=O) groups is 1. The van der Waals surface area contributed by atoms with Gasteiger partial charge in [-0.15, -0.1) is 0 Å². The minimum absolute atomic E-state index is 0.147. The van der Waals surface area contributed by atoms with Crippen LogP contribution >= 0.6 is 0 Å². The number of anilines is 3. The number of aryl methyl sites for hydroxylation is 1. The number of amides is 1. The van der Waals surface area contributed by atoms with E-state index in [9.17, 15) is 4.79 Å². The molecule has 0 spiro atoms. The van der Waals surface area contributed by atoms with E-state index in [4.69, 9.17) is 0 Å². The standard InChI is InChI=1S/C31H34N6O/c1-22-14-15-23(19-29(22)36-31-33-18-16-28(35-31)24-10-8-17-32-20-24)30(38)34-27-13-7-6-9-25(27)21-37(2)26-11-4-3-5-12-26/h6-10,13-20,26H,3-5,11-12,21H2,1-2H3,(H,34,38)(H,33,35,36). The maximum absolute atomic E-state index is 13.3. The lowest BCUT2D eigenvalue weighted by Crippen LogP contribution is -2.33. The van der Waals surface area contributed by atoms with Gasteiger partial charge in [0.15, 0.2) is 0 Å². The molecule has 0 saturated heterocycles. The molecule has 2 heterocycles. The predicted molar refractivity (Wildman–Crippen MR) is 152 cm³/mol. The van der Waals surface area contributed by atoms with E-state index in [-0.39, 0.29) is 5.91 Å². The van der Waals surface area contributed by atoms with Crippen molar-refractivity contribution in [3.8, 4) is 11.3 Å². The van der Waals surface area contributed by atoms with Crippen LogP contribution < -0.4 is 10.6 Å². The van der Waals surface area contributed by atoms with Crippen molar-refractivity contribution < 1.29 is 4.79 Å². The summed E-state index contributed by atoms with van der Waals surface area (Å²) in [5.74, 6) is 0.314. The van der Waals surface area contributed by atoms with Gasteiger partial charge in [-0.05, 0) is 74.3 Å². The molecule has 4 aromatic rings. The van der Waals surface area contributed by atoms with Crippen LogP contribution in [0.5, 0.6) is 0 Å². The molecular weight excluding hydrogens is 472 g/mol. The van der Waals surface area contributed by atoms with Gasteiger partial charge >= 0.3 is 0 Å². The van der Waals surface area contributed by atoms with E-state index in [1.54, 1.807) is 18.6 Å². The van der Waals surface area contributed by atoms with Gasteiger partial charge in [0.05, 0.1) is 5.69 Å². The first-order valence-corrected chi connectivity index (χ1v) is 13.3. The quantitative estimate of drug-likeness (QED) is 0.280. The maximum atomic E-state index is 13.3. The van der Waals surface area contributed by atoms with Crippen LogP contribution in [0.2, 0.25) is 0 Å². The SMILES string of the molecule is Cc1ccc(C(=O)Nc2ccccc2CN(C)C2CCCCC2)cc1Nc1nccc(-c2cccnc2)n1. The second-order valence-corrected chi connectivity index (χ2v) is 9.98. The third-order valence-corrected chi connectivity index (χ3v) is 7.24. The molecule has 7 heteroatoms. The van der Waals surface area contributed by atoms with E-state index in [1.807, 2.05) is 61.5 Å². The number of pyridine rings is 1. The van der Waals surface area contributed by atoms with Crippen molar-refractivity contribution in [1.82, 2.24) is 19.9 Å². The topological polar surface area (TPSA) is 83.0 Å². The lowest BCUT2D eigenvalue weighted by atomic mass is 9.94. The van der Waals surface area contributed by atoms with Crippen LogP contribution in [0.3, 0.4) is 0 Å². The first-order chi connectivity index (χ1) is 18.6. The van der Waals surface area contributed by atoms with Crippen LogP contribution in [-0.4, -0.2) is 38.8 Å². The monoisotopic (exact) mass is 506 g/mol. The van der Waals surface area contributed by atoms with Gasteiger partial charge in [0.25, 0.3) is 5.91 Å². The van der Waals surface area contributed by atoms with E-state index in [0.717, 1.165) is 40.3 Å². The Balaban J connectivity index is 1.30. The smallest absolute Gasteiger partial charge is 0.255 e. The van der Waals surface area contributed by atoms with Gasteiger partial charge in [-0.25, -0.2) is 9.97 Å². The van der Waals surface area contributed by atoms with Gasteiger partial charge in [0.1, 0.15) is 0 Å². The number of nitrogens with zero attached hydrogens (tertiary/aromatic N) is 4. The number of para-hydroxylation sites is 1. The zero-order chi connectivity index (χ0) is 26.3. The number of rotatable bonds is 8. The van der Waals surface area contributed by atoms with Crippen LogP contribution in [0.15, 0.2) is 79.3 Å². The molecule has 7 nitrogen and oxygen atoms in total. The molecule has 1 saturated carbocycles. The average molecular weight is 507 g/mol. The highest BCUT2D eigenvalue weighted by Gasteiger charge is 2.19. The summed E-state index contributed by atoms with van der Waals surface area (Å²) >= 11 is 0. The molecule has 1 aliphatic rings. The summed E-state index contributed by atoms with van der Waals surface area (Å²) in [5, 5.41) is 6.43. The summed E-state index contributed by atoms with van der Waals surface area (Å²) in [4.78, 5) is 28.9. The fourth-order valence-electron chi connectivity index (χ4n) is 5.01. The zero-order valence-electron chi connectivity index (χ0n) is 22.0. The predicted octanol–water partition coefficient (Wildman–Crippen LogP) is 6.61. The molecular formula is C31H34N6O. The van der Waals surface area contributed by atoms with Gasteiger partial charge in [-0.3, -0.25) is 14.7 Å². The molecule has 5 rings (SSSR count). The lowest BCUT2D eigenvalue weighted by Gasteiger charge is -2.31. The fraction of sp³-hybridized carbons (Fsp3) is 0.290. The Labute approximate surface area is 224 Å². The Morgan fingerprint density at radius 3 is 2.63 bits per heavy atom. The second kappa shape index (κ2) is 12.0. The number of hydrogen-bond donors (Lipinski definition) is 2. The highest BCUT2D eigenvalue weighted by Crippen LogP contribution is 2.26. The Bertz CT molecular complexity index is 1380. The average Bonchev–Trinajstić information content (AvgIpc) is 2.96. The van der Waals surface area contributed by atoms with Crippen molar-refractivity contribution in [3.63, 3.8) is 0 Å². The normalized spacial score (nSPS) is 13.9. The summed E-state index contributed by atoms with van der Waals surface area (Å²) in [6.45, 7) is 2.80. The highest BCUT2D eigenvalue weighted by atomic mass is 16.1. The van der Waals surface area contributed by atoms with Crippen molar-refractivity contribution in [2.24, 2.45) is 0 Å². The summed E-state index contributed by atoms with van der Waals surface area (Å²) in [6, 6.07) is 20.0. The van der Waals surface area contributed by atoms with Gasteiger partial charge < -0.3 is 10.6 Å². The van der Waals surface area contributed by atoms with Crippen molar-refractivity contribution in [1.29, 1.82) is 0 Å². The minimum Gasteiger partial charge on any atom is -0.324 e. The first-order valence-electron chi connectivity index (χ1n) is 13.3. The molecule has 1 amide bonds. The van der Waals surface area contributed by atoms with E-state index in [1.165, 1.54) is 32.1 Å². The Morgan fingerprint density at radius 1 is 0.974 bits per heavy atom. The maximum Gasteiger partial charge on any atom is 0.255 e. The van der Waals surface area contributed by atoms with Gasteiger partial charge in [0, 0.05) is 53.7 Å². The number of benzene rings is 2. The third kappa shape index (κ3) is 6.23. The van der Waals surface area contributed by atoms with E-state index < -0.39 is 0 Å². The number of carbonyl (C=O) groups excluding carboxylic acids is 1. The summed E-state index contributed by atoms with van der Waals surface area (Å²) in [7, 11) is 2.19. The van der Waals surface area contributed by atoms with Crippen molar-refractivity contribution in [3.05, 3.63) is 95.9 Å². The molecule has 1 aliphatic carbocycles. The Kier molecular flexibility index (Phi) is 8.04. The van der Waals surface area contributed by atoms with Gasteiger partial charge in [-0.2, -0.15) is 0 Å². The summed E-state index contributed by atoms with van der Waals surface area (Å²) < 4.78 is 0. The van der Waals surface area contributed by atoms with E-state index in [2.05, 4.69) is 43.6 Å². The molecule has 0 bridgehead atoms. The number of aromatic nitrogens is 3. The molecule has 0 aliphatic heterocycles. The van der Waals surface area contributed by atoms with Gasteiger partial charge in [-0.1, -0.05) is 43.5 Å². The summed E-state index contributed by atoms with van der Waals surface area (Å²) in [6.07, 6.45) is 11.7. The summed E-state index contributed by atoms with van der Waals surface area (Å²) in [5.41, 5.74) is 6.00. The lowest BCUT2D eigenvalue weighted by molar-refractivity contribution is 0.102. The van der Waals surface area contributed by atoms with Crippen LogP contribution in [0, 0.1) is 6.92 Å². The van der Waals surface area contributed by atoms with Crippen LogP contribution in [-0.2, 0) is 6.54 Å². The van der Waals surface area contributed by atoms with E-state index >= 15 is 0 Å². The largest absolute Gasteiger partial charge is 0.324 e.